The summed E-state index contributed by atoms with van der Waals surface area (Å²) in [6.07, 6.45) is 0. The molecule has 19 heavy (non-hydrogen) atoms. The molecule has 0 aliphatic rings. The van der Waals surface area contributed by atoms with Crippen molar-refractivity contribution in [3.05, 3.63) is 35.9 Å². The van der Waals surface area contributed by atoms with Crippen molar-refractivity contribution in [3.8, 4) is 0 Å². The average molecular weight is 286 g/mol. The van der Waals surface area contributed by atoms with E-state index in [1.54, 1.807) is 32.9 Å². The van der Waals surface area contributed by atoms with E-state index in [1.165, 1.54) is 4.31 Å². The molecule has 1 unspecified atom stereocenters. The van der Waals surface area contributed by atoms with Crippen molar-refractivity contribution >= 4 is 10.2 Å². The summed E-state index contributed by atoms with van der Waals surface area (Å²) in [6.45, 7) is 5.89. The Balaban J connectivity index is 2.76. The van der Waals surface area contributed by atoms with Crippen LogP contribution in [0.4, 0.5) is 0 Å². The molecule has 0 saturated heterocycles. The summed E-state index contributed by atoms with van der Waals surface area (Å²) in [5.41, 5.74) is -0.557. The summed E-state index contributed by atoms with van der Waals surface area (Å²) in [5.74, 6) is 0. The highest BCUT2D eigenvalue weighted by Gasteiger charge is 2.27. The second kappa shape index (κ2) is 6.47. The van der Waals surface area contributed by atoms with E-state index in [0.717, 1.165) is 0 Å². The Morgan fingerprint density at radius 1 is 1.21 bits per heavy atom. The van der Waals surface area contributed by atoms with Crippen LogP contribution in [0.1, 0.15) is 26.3 Å². The van der Waals surface area contributed by atoms with Crippen LogP contribution in [-0.4, -0.2) is 37.5 Å². The van der Waals surface area contributed by atoms with Gasteiger partial charge in [0.15, 0.2) is 0 Å². The highest BCUT2D eigenvalue weighted by atomic mass is 32.2. The van der Waals surface area contributed by atoms with Gasteiger partial charge in [-0.3, -0.25) is 0 Å². The fourth-order valence-corrected chi connectivity index (χ4v) is 3.11. The van der Waals surface area contributed by atoms with Gasteiger partial charge in [0.25, 0.3) is 10.2 Å². The molecule has 0 radical (unpaired) electrons. The molecule has 0 amide bonds. The monoisotopic (exact) mass is 286 g/mol. The van der Waals surface area contributed by atoms with Crippen LogP contribution in [0.2, 0.25) is 0 Å². The van der Waals surface area contributed by atoms with Crippen molar-refractivity contribution in [2.24, 2.45) is 0 Å². The fourth-order valence-electron chi connectivity index (χ4n) is 1.79. The minimum absolute atomic E-state index is 0.0597. The molecule has 1 rings (SSSR count). The van der Waals surface area contributed by atoms with Gasteiger partial charge in [0.2, 0.25) is 0 Å². The highest BCUT2D eigenvalue weighted by Crippen LogP contribution is 2.19. The van der Waals surface area contributed by atoms with Crippen LogP contribution in [0.3, 0.4) is 0 Å². The van der Waals surface area contributed by atoms with E-state index in [-0.39, 0.29) is 6.54 Å². The minimum Gasteiger partial charge on any atom is -0.384 e. The van der Waals surface area contributed by atoms with Gasteiger partial charge in [0.1, 0.15) is 5.60 Å². The Bertz CT molecular complexity index is 482. The summed E-state index contributed by atoms with van der Waals surface area (Å²) in [6, 6.07) is 9.00. The van der Waals surface area contributed by atoms with Gasteiger partial charge in [-0.25, -0.2) is 0 Å². The van der Waals surface area contributed by atoms with Gasteiger partial charge in [-0.15, -0.1) is 0 Å². The molecule has 0 spiro atoms. The molecule has 6 heteroatoms. The van der Waals surface area contributed by atoms with Crippen molar-refractivity contribution < 1.29 is 13.5 Å². The van der Waals surface area contributed by atoms with Gasteiger partial charge < -0.3 is 5.11 Å². The molecule has 0 aliphatic heterocycles. The average Bonchev–Trinajstić information content (AvgIpc) is 2.39. The van der Waals surface area contributed by atoms with Crippen LogP contribution in [0.15, 0.2) is 30.3 Å². The van der Waals surface area contributed by atoms with Crippen molar-refractivity contribution in [1.82, 2.24) is 9.03 Å². The summed E-state index contributed by atoms with van der Waals surface area (Å²) < 4.78 is 27.7. The first-order chi connectivity index (χ1) is 8.83. The molecule has 0 bridgehead atoms. The lowest BCUT2D eigenvalue weighted by Gasteiger charge is -2.26. The molecule has 0 heterocycles. The number of nitrogens with one attached hydrogen (secondary N) is 1. The molecular formula is C13H22N2O3S. The SMILES string of the molecule is CCN(CC)S(=O)(=O)NCC(C)(O)c1ccccc1. The lowest BCUT2D eigenvalue weighted by Crippen LogP contribution is -2.45. The summed E-state index contributed by atoms with van der Waals surface area (Å²) in [5, 5.41) is 10.3. The zero-order valence-electron chi connectivity index (χ0n) is 11.6. The molecule has 0 fully saturated rings. The third-order valence-electron chi connectivity index (χ3n) is 3.04. The van der Waals surface area contributed by atoms with E-state index in [2.05, 4.69) is 4.72 Å². The van der Waals surface area contributed by atoms with Crippen LogP contribution in [-0.2, 0) is 15.8 Å². The topological polar surface area (TPSA) is 69.6 Å². The minimum atomic E-state index is -3.54. The molecule has 0 saturated carbocycles. The first-order valence-electron chi connectivity index (χ1n) is 6.36. The Kier molecular flexibility index (Phi) is 5.49. The molecule has 1 atom stereocenters. The van der Waals surface area contributed by atoms with E-state index in [4.69, 9.17) is 0 Å². The Labute approximate surface area is 115 Å². The summed E-state index contributed by atoms with van der Waals surface area (Å²) in [7, 11) is -3.54. The summed E-state index contributed by atoms with van der Waals surface area (Å²) >= 11 is 0. The van der Waals surface area contributed by atoms with Crippen LogP contribution in [0, 0.1) is 0 Å². The number of hydrogen-bond donors (Lipinski definition) is 2. The third kappa shape index (κ3) is 4.28. The van der Waals surface area contributed by atoms with E-state index in [1.807, 2.05) is 18.2 Å². The van der Waals surface area contributed by atoms with Gasteiger partial charge >= 0.3 is 0 Å². The maximum Gasteiger partial charge on any atom is 0.279 e. The first kappa shape index (κ1) is 16.1. The second-order valence-electron chi connectivity index (χ2n) is 4.55. The van der Waals surface area contributed by atoms with Crippen LogP contribution >= 0.6 is 0 Å². The normalized spacial score (nSPS) is 15.4. The van der Waals surface area contributed by atoms with Crippen molar-refractivity contribution in [2.75, 3.05) is 19.6 Å². The molecule has 0 aromatic heterocycles. The van der Waals surface area contributed by atoms with Gasteiger partial charge in [0, 0.05) is 19.6 Å². The second-order valence-corrected chi connectivity index (χ2v) is 6.31. The van der Waals surface area contributed by atoms with Crippen molar-refractivity contribution in [1.29, 1.82) is 0 Å². The maximum atomic E-state index is 12.0. The number of nitrogens with zero attached hydrogens (tertiary/aromatic N) is 1. The highest BCUT2D eigenvalue weighted by molar-refractivity contribution is 7.87. The molecule has 0 aliphatic carbocycles. The van der Waals surface area contributed by atoms with Gasteiger partial charge in [-0.2, -0.15) is 17.4 Å². The van der Waals surface area contributed by atoms with Crippen molar-refractivity contribution in [3.63, 3.8) is 0 Å². The number of benzene rings is 1. The Hall–Kier alpha value is -0.950. The van der Waals surface area contributed by atoms with Crippen LogP contribution in [0.5, 0.6) is 0 Å². The van der Waals surface area contributed by atoms with E-state index in [0.29, 0.717) is 18.7 Å². The standard InChI is InChI=1S/C13H22N2O3S/c1-4-15(5-2)19(17,18)14-11-13(3,16)12-9-7-6-8-10-12/h6-10,14,16H,4-5,11H2,1-3H3. The predicted octanol–water partition coefficient (Wildman–Crippen LogP) is 1.07. The zero-order chi connectivity index (χ0) is 14.5. The third-order valence-corrected chi connectivity index (χ3v) is 4.75. The Morgan fingerprint density at radius 2 is 1.74 bits per heavy atom. The van der Waals surface area contributed by atoms with Gasteiger partial charge in [-0.05, 0) is 12.5 Å². The quantitative estimate of drug-likeness (QED) is 0.788. The van der Waals surface area contributed by atoms with Crippen LogP contribution in [0.25, 0.3) is 0 Å². The lowest BCUT2D eigenvalue weighted by atomic mass is 9.97. The van der Waals surface area contributed by atoms with E-state index < -0.39 is 15.8 Å². The summed E-state index contributed by atoms with van der Waals surface area (Å²) in [4.78, 5) is 0. The predicted molar refractivity (Wildman–Crippen MR) is 75.9 cm³/mol. The first-order valence-corrected chi connectivity index (χ1v) is 7.80. The van der Waals surface area contributed by atoms with E-state index >= 15 is 0 Å². The fraction of sp³-hybridized carbons (Fsp3) is 0.538. The van der Waals surface area contributed by atoms with Crippen molar-refractivity contribution in [2.45, 2.75) is 26.4 Å². The zero-order valence-corrected chi connectivity index (χ0v) is 12.4. The molecule has 1 aromatic rings. The van der Waals surface area contributed by atoms with Crippen LogP contribution < -0.4 is 4.72 Å². The molecule has 2 N–H and O–H groups in total. The van der Waals surface area contributed by atoms with E-state index in [9.17, 15) is 13.5 Å². The largest absolute Gasteiger partial charge is 0.384 e. The number of rotatable bonds is 7. The molecule has 5 nitrogen and oxygen atoms in total. The molecular weight excluding hydrogens is 264 g/mol. The van der Waals surface area contributed by atoms with Gasteiger partial charge in [0.05, 0.1) is 0 Å². The molecule has 1 aromatic carbocycles. The lowest BCUT2D eigenvalue weighted by molar-refractivity contribution is 0.0623. The number of aliphatic hydroxyl groups is 1. The smallest absolute Gasteiger partial charge is 0.279 e. The molecule has 108 valence electrons. The Morgan fingerprint density at radius 3 is 2.21 bits per heavy atom. The maximum absolute atomic E-state index is 12.0. The van der Waals surface area contributed by atoms with Gasteiger partial charge in [-0.1, -0.05) is 44.2 Å². The number of hydrogen-bond acceptors (Lipinski definition) is 3.